The Bertz CT molecular complexity index is 473. The van der Waals surface area contributed by atoms with Crippen LogP contribution in [0.3, 0.4) is 0 Å². The van der Waals surface area contributed by atoms with Gasteiger partial charge < -0.3 is 24.6 Å². The SMILES string of the molecule is COCC(NC(=O)N1CCn2ccnc2C1)C(=O)O. The molecule has 19 heavy (non-hydrogen) atoms. The maximum Gasteiger partial charge on any atom is 0.328 e. The van der Waals surface area contributed by atoms with Crippen molar-refractivity contribution < 1.29 is 19.4 Å². The fourth-order valence-corrected chi connectivity index (χ4v) is 1.93. The van der Waals surface area contributed by atoms with E-state index in [1.807, 2.05) is 10.8 Å². The molecule has 0 spiro atoms. The summed E-state index contributed by atoms with van der Waals surface area (Å²) in [6, 6.07) is -1.46. The van der Waals surface area contributed by atoms with Crippen LogP contribution in [0.1, 0.15) is 5.82 Å². The number of urea groups is 1. The molecule has 1 aromatic rings. The molecular formula is C11H16N4O4. The van der Waals surface area contributed by atoms with Gasteiger partial charge in [0.2, 0.25) is 0 Å². The number of amides is 2. The summed E-state index contributed by atoms with van der Waals surface area (Å²) >= 11 is 0. The lowest BCUT2D eigenvalue weighted by Gasteiger charge is -2.28. The highest BCUT2D eigenvalue weighted by Crippen LogP contribution is 2.10. The summed E-state index contributed by atoms with van der Waals surface area (Å²) in [6.07, 6.45) is 3.54. The number of imidazole rings is 1. The molecule has 2 amide bonds. The van der Waals surface area contributed by atoms with E-state index in [1.165, 1.54) is 12.0 Å². The van der Waals surface area contributed by atoms with Gasteiger partial charge >= 0.3 is 12.0 Å². The van der Waals surface area contributed by atoms with E-state index in [1.54, 1.807) is 6.20 Å². The minimum absolute atomic E-state index is 0.0659. The number of fused-ring (bicyclic) bond motifs is 1. The Balaban J connectivity index is 1.95. The van der Waals surface area contributed by atoms with Crippen LogP contribution in [0, 0.1) is 0 Å². The number of carboxylic acids is 1. The van der Waals surface area contributed by atoms with Crippen LogP contribution in [0.2, 0.25) is 0 Å². The Hall–Kier alpha value is -2.09. The third kappa shape index (κ3) is 3.02. The lowest BCUT2D eigenvalue weighted by molar-refractivity contribution is -0.140. The number of hydrogen-bond donors (Lipinski definition) is 2. The minimum Gasteiger partial charge on any atom is -0.480 e. The standard InChI is InChI=1S/C11H16N4O4/c1-19-7-8(10(16)17)13-11(18)15-5-4-14-3-2-12-9(14)6-15/h2-3,8H,4-7H2,1H3,(H,13,18)(H,16,17). The second-order valence-electron chi connectivity index (χ2n) is 4.25. The fraction of sp³-hybridized carbons (Fsp3) is 0.545. The van der Waals surface area contributed by atoms with Crippen molar-refractivity contribution in [2.75, 3.05) is 20.3 Å². The predicted octanol–water partition coefficient (Wildman–Crippen LogP) is -0.492. The topological polar surface area (TPSA) is 96.7 Å². The van der Waals surface area contributed by atoms with Crippen LogP contribution >= 0.6 is 0 Å². The Labute approximate surface area is 110 Å². The van der Waals surface area contributed by atoms with Crippen LogP contribution in [0.25, 0.3) is 0 Å². The van der Waals surface area contributed by atoms with Crippen molar-refractivity contribution in [3.63, 3.8) is 0 Å². The van der Waals surface area contributed by atoms with E-state index in [9.17, 15) is 9.59 Å². The smallest absolute Gasteiger partial charge is 0.328 e. The van der Waals surface area contributed by atoms with E-state index in [4.69, 9.17) is 9.84 Å². The van der Waals surface area contributed by atoms with Crippen LogP contribution in [0.4, 0.5) is 4.79 Å². The lowest BCUT2D eigenvalue weighted by atomic mass is 10.3. The quantitative estimate of drug-likeness (QED) is 0.768. The average molecular weight is 268 g/mol. The first-order chi connectivity index (χ1) is 9.11. The molecule has 1 aliphatic heterocycles. The predicted molar refractivity (Wildman–Crippen MR) is 64.5 cm³/mol. The number of carbonyl (C=O) groups excluding carboxylic acids is 1. The minimum atomic E-state index is -1.12. The summed E-state index contributed by atoms with van der Waals surface area (Å²) in [5.41, 5.74) is 0. The second kappa shape index (κ2) is 5.70. The van der Waals surface area contributed by atoms with Gasteiger partial charge in [0.15, 0.2) is 6.04 Å². The van der Waals surface area contributed by atoms with Crippen molar-refractivity contribution in [2.45, 2.75) is 19.1 Å². The molecule has 104 valence electrons. The molecule has 2 rings (SSSR count). The van der Waals surface area contributed by atoms with E-state index < -0.39 is 18.0 Å². The van der Waals surface area contributed by atoms with Crippen molar-refractivity contribution >= 4 is 12.0 Å². The molecule has 2 N–H and O–H groups in total. The first kappa shape index (κ1) is 13.3. The molecule has 0 radical (unpaired) electrons. The van der Waals surface area contributed by atoms with Gasteiger partial charge in [0.25, 0.3) is 0 Å². The molecule has 8 heteroatoms. The molecule has 0 bridgehead atoms. The van der Waals surface area contributed by atoms with Gasteiger partial charge in [-0.3, -0.25) is 0 Å². The Kier molecular flexibility index (Phi) is 4.00. The molecule has 0 aromatic carbocycles. The zero-order chi connectivity index (χ0) is 13.8. The Morgan fingerprint density at radius 3 is 3.05 bits per heavy atom. The van der Waals surface area contributed by atoms with E-state index in [0.29, 0.717) is 19.6 Å². The third-order valence-electron chi connectivity index (χ3n) is 2.96. The number of carboxylic acid groups (broad SMARTS) is 1. The van der Waals surface area contributed by atoms with Crippen molar-refractivity contribution in [1.29, 1.82) is 0 Å². The van der Waals surface area contributed by atoms with Crippen LogP contribution in [-0.4, -0.2) is 57.9 Å². The molecule has 1 atom stereocenters. The number of aliphatic carboxylic acids is 1. The summed E-state index contributed by atoms with van der Waals surface area (Å²) in [6.45, 7) is 1.49. The molecule has 0 fully saturated rings. The summed E-state index contributed by atoms with van der Waals surface area (Å²) in [5, 5.41) is 11.4. The Morgan fingerprint density at radius 1 is 1.58 bits per heavy atom. The number of nitrogens with zero attached hydrogens (tertiary/aromatic N) is 3. The Morgan fingerprint density at radius 2 is 2.37 bits per heavy atom. The second-order valence-corrected chi connectivity index (χ2v) is 4.25. The molecule has 0 saturated carbocycles. The molecule has 0 aliphatic carbocycles. The van der Waals surface area contributed by atoms with Gasteiger partial charge in [0, 0.05) is 32.6 Å². The molecule has 1 unspecified atom stereocenters. The number of nitrogens with one attached hydrogen (secondary N) is 1. The third-order valence-corrected chi connectivity index (χ3v) is 2.96. The maximum atomic E-state index is 12.0. The van der Waals surface area contributed by atoms with Gasteiger partial charge in [-0.25, -0.2) is 14.6 Å². The molecule has 1 aliphatic rings. The van der Waals surface area contributed by atoms with Crippen molar-refractivity contribution in [1.82, 2.24) is 19.8 Å². The zero-order valence-corrected chi connectivity index (χ0v) is 10.6. The van der Waals surface area contributed by atoms with Gasteiger partial charge in [-0.15, -0.1) is 0 Å². The molecule has 1 aromatic heterocycles. The number of ether oxygens (including phenoxy) is 1. The van der Waals surface area contributed by atoms with E-state index in [-0.39, 0.29) is 6.61 Å². The van der Waals surface area contributed by atoms with Crippen LogP contribution in [0.5, 0.6) is 0 Å². The van der Waals surface area contributed by atoms with Gasteiger partial charge in [0.05, 0.1) is 13.2 Å². The first-order valence-corrected chi connectivity index (χ1v) is 5.89. The van der Waals surface area contributed by atoms with E-state index in [0.717, 1.165) is 5.82 Å². The first-order valence-electron chi connectivity index (χ1n) is 5.89. The van der Waals surface area contributed by atoms with E-state index >= 15 is 0 Å². The van der Waals surface area contributed by atoms with Gasteiger partial charge in [0.1, 0.15) is 5.82 Å². The van der Waals surface area contributed by atoms with Crippen molar-refractivity contribution in [2.24, 2.45) is 0 Å². The van der Waals surface area contributed by atoms with Crippen molar-refractivity contribution in [3.8, 4) is 0 Å². The van der Waals surface area contributed by atoms with Crippen LogP contribution in [0.15, 0.2) is 12.4 Å². The highest BCUT2D eigenvalue weighted by molar-refractivity contribution is 5.82. The molecule has 8 nitrogen and oxygen atoms in total. The fourth-order valence-electron chi connectivity index (χ4n) is 1.93. The summed E-state index contributed by atoms with van der Waals surface area (Å²) < 4.78 is 6.73. The number of rotatable bonds is 4. The number of aromatic nitrogens is 2. The van der Waals surface area contributed by atoms with Gasteiger partial charge in [-0.05, 0) is 0 Å². The van der Waals surface area contributed by atoms with E-state index in [2.05, 4.69) is 10.3 Å². The zero-order valence-electron chi connectivity index (χ0n) is 10.6. The number of hydrogen-bond acceptors (Lipinski definition) is 4. The summed E-state index contributed by atoms with van der Waals surface area (Å²) in [7, 11) is 1.39. The highest BCUT2D eigenvalue weighted by Gasteiger charge is 2.25. The average Bonchev–Trinajstić information content (AvgIpc) is 2.85. The number of methoxy groups -OCH3 is 1. The van der Waals surface area contributed by atoms with Gasteiger partial charge in [-0.1, -0.05) is 0 Å². The summed E-state index contributed by atoms with van der Waals surface area (Å²) in [5.74, 6) is -0.325. The lowest BCUT2D eigenvalue weighted by Crippen LogP contribution is -2.51. The van der Waals surface area contributed by atoms with Gasteiger partial charge in [-0.2, -0.15) is 0 Å². The molecule has 2 heterocycles. The largest absolute Gasteiger partial charge is 0.480 e. The maximum absolute atomic E-state index is 12.0. The van der Waals surface area contributed by atoms with Crippen molar-refractivity contribution in [3.05, 3.63) is 18.2 Å². The summed E-state index contributed by atoms with van der Waals surface area (Å²) in [4.78, 5) is 28.6. The van der Waals surface area contributed by atoms with Crippen LogP contribution in [-0.2, 0) is 22.6 Å². The normalized spacial score (nSPS) is 15.7. The molecule has 0 saturated heterocycles. The molecular weight excluding hydrogens is 252 g/mol. The highest BCUT2D eigenvalue weighted by atomic mass is 16.5. The van der Waals surface area contributed by atoms with Crippen LogP contribution < -0.4 is 5.32 Å². The monoisotopic (exact) mass is 268 g/mol. The number of carbonyl (C=O) groups is 2.